The molecule has 0 N–H and O–H groups in total. The summed E-state index contributed by atoms with van der Waals surface area (Å²) in [5.74, 6) is 1.86. The molecule has 11 rings (SSSR count). The highest BCUT2D eigenvalue weighted by atomic mass is 32.1. The number of fused-ring (bicyclic) bond motifs is 5. The molecule has 0 saturated carbocycles. The molecule has 8 aromatic carbocycles. The molecule has 5 heteroatoms. The number of thiophene rings is 1. The van der Waals surface area contributed by atoms with Crippen LogP contribution in [0.5, 0.6) is 0 Å². The first-order valence-corrected chi connectivity index (χ1v) is 20.5. The van der Waals surface area contributed by atoms with E-state index >= 15 is 0 Å². The molecule has 0 spiro atoms. The second kappa shape index (κ2) is 14.7. The molecule has 3 heterocycles. The van der Waals surface area contributed by atoms with Crippen LogP contribution in [-0.4, -0.2) is 19.9 Å². The van der Waals surface area contributed by atoms with Crippen molar-refractivity contribution in [2.75, 3.05) is 0 Å². The van der Waals surface area contributed by atoms with Gasteiger partial charge in [0.1, 0.15) is 0 Å². The first-order valence-electron chi connectivity index (χ1n) is 19.7. The average molecular weight is 771 g/mol. The molecule has 0 unspecified atom stereocenters. The molecular weight excluding hydrogens is 737 g/mol. The number of hydrogen-bond donors (Lipinski definition) is 0. The molecular formula is C54H34N4S. The summed E-state index contributed by atoms with van der Waals surface area (Å²) >= 11 is 1.81. The Morgan fingerprint density at radius 2 is 0.729 bits per heavy atom. The summed E-state index contributed by atoms with van der Waals surface area (Å²) in [5, 5.41) is 3.67. The van der Waals surface area contributed by atoms with Gasteiger partial charge in [0.25, 0.3) is 0 Å². The predicted molar refractivity (Wildman–Crippen MR) is 246 cm³/mol. The fourth-order valence-electron chi connectivity index (χ4n) is 7.94. The maximum atomic E-state index is 5.35. The van der Waals surface area contributed by atoms with Gasteiger partial charge in [0, 0.05) is 43.1 Å². The lowest BCUT2D eigenvalue weighted by molar-refractivity contribution is 1.07. The molecule has 276 valence electrons. The number of pyridine rings is 1. The summed E-state index contributed by atoms with van der Waals surface area (Å²) in [7, 11) is 0. The third kappa shape index (κ3) is 6.54. The molecule has 0 saturated heterocycles. The van der Waals surface area contributed by atoms with Gasteiger partial charge in [-0.1, -0.05) is 188 Å². The molecule has 0 bridgehead atoms. The van der Waals surface area contributed by atoms with Crippen molar-refractivity contribution in [1.29, 1.82) is 0 Å². The number of hydrogen-bond acceptors (Lipinski definition) is 5. The van der Waals surface area contributed by atoms with Gasteiger partial charge in [-0.2, -0.15) is 0 Å². The highest BCUT2D eigenvalue weighted by Crippen LogP contribution is 2.43. The van der Waals surface area contributed by atoms with Gasteiger partial charge in [-0.15, -0.1) is 11.3 Å². The van der Waals surface area contributed by atoms with Gasteiger partial charge < -0.3 is 0 Å². The van der Waals surface area contributed by atoms with Gasteiger partial charge in [0.05, 0.1) is 15.9 Å². The van der Waals surface area contributed by atoms with E-state index in [4.69, 9.17) is 19.9 Å². The lowest BCUT2D eigenvalue weighted by Gasteiger charge is -2.11. The molecule has 4 nitrogen and oxygen atoms in total. The van der Waals surface area contributed by atoms with E-state index in [0.29, 0.717) is 17.5 Å². The third-order valence-electron chi connectivity index (χ3n) is 10.9. The Bertz CT molecular complexity index is 3190. The summed E-state index contributed by atoms with van der Waals surface area (Å²) in [4.78, 5) is 20.7. The monoisotopic (exact) mass is 770 g/mol. The Morgan fingerprint density at radius 3 is 1.34 bits per heavy atom. The minimum absolute atomic E-state index is 0.614. The SMILES string of the molecule is c1ccc(-c2ccc(-c3nc(-c4ccc(-c5ccccc5)cc4)nc(-c4cccc(-c5ccc6c(c5)nc(-c5ccccc5)c5sc7ccccc7c56)c4)n3)cc2)cc1. The van der Waals surface area contributed by atoms with Crippen molar-refractivity contribution >= 4 is 42.4 Å². The van der Waals surface area contributed by atoms with Crippen LogP contribution in [0.2, 0.25) is 0 Å². The number of benzene rings is 8. The van der Waals surface area contributed by atoms with Crippen LogP contribution in [0, 0.1) is 0 Å². The Hall–Kier alpha value is -7.60. The molecule has 0 amide bonds. The summed E-state index contributed by atoms with van der Waals surface area (Å²) in [6.07, 6.45) is 0. The van der Waals surface area contributed by atoms with Crippen LogP contribution >= 0.6 is 11.3 Å². The maximum Gasteiger partial charge on any atom is 0.164 e. The first-order chi connectivity index (χ1) is 29.2. The van der Waals surface area contributed by atoms with E-state index in [1.165, 1.54) is 31.3 Å². The largest absolute Gasteiger partial charge is 0.246 e. The lowest BCUT2D eigenvalue weighted by Crippen LogP contribution is -2.00. The highest BCUT2D eigenvalue weighted by Gasteiger charge is 2.18. The van der Waals surface area contributed by atoms with E-state index in [0.717, 1.165) is 61.1 Å². The molecule has 0 aliphatic rings. The topological polar surface area (TPSA) is 51.6 Å². The van der Waals surface area contributed by atoms with Crippen molar-refractivity contribution in [3.63, 3.8) is 0 Å². The van der Waals surface area contributed by atoms with E-state index in [2.05, 4.69) is 194 Å². The van der Waals surface area contributed by atoms with Gasteiger partial charge in [-0.3, -0.25) is 0 Å². The second-order valence-corrected chi connectivity index (χ2v) is 15.7. The summed E-state index contributed by atoms with van der Waals surface area (Å²) in [5.41, 5.74) is 12.6. The smallest absolute Gasteiger partial charge is 0.164 e. The minimum atomic E-state index is 0.614. The van der Waals surface area contributed by atoms with Gasteiger partial charge in [0.2, 0.25) is 0 Å². The Labute approximate surface area is 345 Å². The molecule has 0 aliphatic heterocycles. The van der Waals surface area contributed by atoms with E-state index < -0.39 is 0 Å². The molecule has 0 fully saturated rings. The Morgan fingerprint density at radius 1 is 0.288 bits per heavy atom. The van der Waals surface area contributed by atoms with Crippen LogP contribution in [0.4, 0.5) is 0 Å². The molecule has 59 heavy (non-hydrogen) atoms. The average Bonchev–Trinajstić information content (AvgIpc) is 3.72. The molecule has 11 aromatic rings. The summed E-state index contributed by atoms with van der Waals surface area (Å²) < 4.78 is 2.48. The van der Waals surface area contributed by atoms with Crippen LogP contribution in [0.25, 0.3) is 110 Å². The summed E-state index contributed by atoms with van der Waals surface area (Å²) in [6.45, 7) is 0. The normalized spacial score (nSPS) is 11.4. The maximum absolute atomic E-state index is 5.35. The van der Waals surface area contributed by atoms with Crippen molar-refractivity contribution < 1.29 is 0 Å². The van der Waals surface area contributed by atoms with Crippen molar-refractivity contribution in [3.8, 4) is 78.8 Å². The summed E-state index contributed by atoms with van der Waals surface area (Å²) in [6, 6.07) is 72.1. The van der Waals surface area contributed by atoms with Gasteiger partial charge in [0.15, 0.2) is 17.5 Å². The fraction of sp³-hybridized carbons (Fsp3) is 0. The Kier molecular flexibility index (Phi) is 8.64. The molecule has 0 aliphatic carbocycles. The van der Waals surface area contributed by atoms with Gasteiger partial charge >= 0.3 is 0 Å². The van der Waals surface area contributed by atoms with E-state index in [9.17, 15) is 0 Å². The number of nitrogens with zero attached hydrogens (tertiary/aromatic N) is 4. The zero-order chi connectivity index (χ0) is 39.1. The van der Waals surface area contributed by atoms with E-state index in [1.54, 1.807) is 0 Å². The quantitative estimate of drug-likeness (QED) is 0.162. The fourth-order valence-corrected chi connectivity index (χ4v) is 9.17. The zero-order valence-electron chi connectivity index (χ0n) is 31.8. The van der Waals surface area contributed by atoms with Gasteiger partial charge in [-0.05, 0) is 51.6 Å². The lowest BCUT2D eigenvalue weighted by atomic mass is 9.98. The molecule has 0 radical (unpaired) electrons. The van der Waals surface area contributed by atoms with Crippen LogP contribution in [0.1, 0.15) is 0 Å². The minimum Gasteiger partial charge on any atom is -0.246 e. The van der Waals surface area contributed by atoms with Crippen molar-refractivity contribution in [2.24, 2.45) is 0 Å². The zero-order valence-corrected chi connectivity index (χ0v) is 32.6. The first kappa shape index (κ1) is 34.6. The van der Waals surface area contributed by atoms with Crippen LogP contribution in [0.15, 0.2) is 206 Å². The van der Waals surface area contributed by atoms with Crippen LogP contribution < -0.4 is 0 Å². The van der Waals surface area contributed by atoms with Crippen molar-refractivity contribution in [3.05, 3.63) is 206 Å². The van der Waals surface area contributed by atoms with Gasteiger partial charge in [-0.25, -0.2) is 19.9 Å². The van der Waals surface area contributed by atoms with Crippen molar-refractivity contribution in [1.82, 2.24) is 19.9 Å². The van der Waals surface area contributed by atoms with Crippen LogP contribution in [-0.2, 0) is 0 Å². The number of aromatic nitrogens is 4. The van der Waals surface area contributed by atoms with E-state index in [-0.39, 0.29) is 0 Å². The highest BCUT2D eigenvalue weighted by molar-refractivity contribution is 7.26. The number of rotatable bonds is 7. The Balaban J connectivity index is 1.02. The van der Waals surface area contributed by atoms with Crippen LogP contribution in [0.3, 0.4) is 0 Å². The second-order valence-electron chi connectivity index (χ2n) is 14.6. The predicted octanol–water partition coefficient (Wildman–Crippen LogP) is 14.5. The molecule has 3 aromatic heterocycles. The van der Waals surface area contributed by atoms with E-state index in [1.807, 2.05) is 23.5 Å². The van der Waals surface area contributed by atoms with Crippen molar-refractivity contribution in [2.45, 2.75) is 0 Å². The molecule has 0 atom stereocenters. The third-order valence-corrected chi connectivity index (χ3v) is 12.1. The standard InChI is InChI=1S/C54H34N4S/c1-4-13-35(14-5-1)37-23-27-40(28-24-37)52-56-53(41-29-25-38(26-30-41)36-15-6-2-7-16-36)58-54(57-52)44-20-12-19-42(33-44)43-31-32-45-47(34-43)55-50(39-17-8-3-9-18-39)51-49(45)46-21-10-11-22-48(46)59-51/h1-34H.